The van der Waals surface area contributed by atoms with Crippen LogP contribution in [0.4, 0.5) is 5.00 Å². The molecule has 100 valence electrons. The number of rotatable bonds is 3. The molecule has 0 spiro atoms. The maximum atomic E-state index is 12.1. The fraction of sp³-hybridized carbons (Fsp3) is 0. The molecule has 5 nitrogen and oxygen atoms in total. The second-order valence-electron chi connectivity index (χ2n) is 3.97. The number of nitrogens with zero attached hydrogens (tertiary/aromatic N) is 1. The third-order valence-corrected chi connectivity index (χ3v) is 4.51. The Balaban J connectivity index is 1.89. The Morgan fingerprint density at radius 3 is 2.75 bits per heavy atom. The van der Waals surface area contributed by atoms with E-state index in [-0.39, 0.29) is 5.91 Å². The third kappa shape index (κ3) is 2.28. The van der Waals surface area contributed by atoms with E-state index in [1.165, 1.54) is 22.7 Å². The predicted octanol–water partition coefficient (Wildman–Crippen LogP) is 2.71. The molecule has 0 atom stereocenters. The van der Waals surface area contributed by atoms with Crippen LogP contribution < -0.4 is 11.1 Å². The monoisotopic (exact) mass is 303 g/mol. The van der Waals surface area contributed by atoms with Gasteiger partial charge in [-0.25, -0.2) is 4.98 Å². The molecule has 0 aliphatic heterocycles. The zero-order valence-electron chi connectivity index (χ0n) is 10.1. The van der Waals surface area contributed by atoms with Gasteiger partial charge in [0, 0.05) is 0 Å². The van der Waals surface area contributed by atoms with E-state index in [1.54, 1.807) is 11.4 Å². The van der Waals surface area contributed by atoms with Crippen LogP contribution in [0.3, 0.4) is 0 Å². The highest BCUT2D eigenvalue weighted by Crippen LogP contribution is 2.26. The maximum Gasteiger partial charge on any atom is 0.285 e. The van der Waals surface area contributed by atoms with Crippen LogP contribution in [-0.2, 0) is 0 Å². The molecule has 2 heterocycles. The summed E-state index contributed by atoms with van der Waals surface area (Å²) in [6.07, 6.45) is 0. The van der Waals surface area contributed by atoms with E-state index in [4.69, 9.17) is 5.73 Å². The molecule has 1 aromatic carbocycles. The molecule has 3 rings (SSSR count). The van der Waals surface area contributed by atoms with Crippen molar-refractivity contribution in [2.45, 2.75) is 0 Å². The molecule has 3 aromatic rings. The normalized spacial score (nSPS) is 10.6. The fourth-order valence-electron chi connectivity index (χ4n) is 1.73. The van der Waals surface area contributed by atoms with Gasteiger partial charge >= 0.3 is 0 Å². The summed E-state index contributed by atoms with van der Waals surface area (Å²) in [5, 5.41) is 5.18. The molecule has 2 amide bonds. The van der Waals surface area contributed by atoms with Gasteiger partial charge in [-0.15, -0.1) is 22.7 Å². The number of primary amides is 1. The summed E-state index contributed by atoms with van der Waals surface area (Å²) in [5.41, 5.74) is 6.33. The highest BCUT2D eigenvalue weighted by molar-refractivity contribution is 7.20. The number of benzene rings is 1. The SMILES string of the molecule is NC(=O)c1ccsc1NC(=O)c1nc2ccccc2s1. The maximum absolute atomic E-state index is 12.1. The molecule has 0 saturated carbocycles. The van der Waals surface area contributed by atoms with Crippen molar-refractivity contribution >= 4 is 49.7 Å². The van der Waals surface area contributed by atoms with E-state index in [0.717, 1.165) is 10.2 Å². The van der Waals surface area contributed by atoms with Crippen molar-refractivity contribution in [3.63, 3.8) is 0 Å². The standard InChI is InChI=1S/C13H9N3O2S2/c14-10(17)7-5-6-19-12(7)16-11(18)13-15-8-3-1-2-4-9(8)20-13/h1-6H,(H2,14,17)(H,16,18). The van der Waals surface area contributed by atoms with Crippen LogP contribution in [0.15, 0.2) is 35.7 Å². The Bertz CT molecular complexity index is 774. The van der Waals surface area contributed by atoms with Crippen LogP contribution >= 0.6 is 22.7 Å². The first-order valence-corrected chi connectivity index (χ1v) is 7.39. The van der Waals surface area contributed by atoms with Crippen molar-refractivity contribution < 1.29 is 9.59 Å². The second-order valence-corrected chi connectivity index (χ2v) is 5.92. The molecule has 0 aliphatic rings. The van der Waals surface area contributed by atoms with Crippen molar-refractivity contribution in [1.82, 2.24) is 4.98 Å². The zero-order valence-corrected chi connectivity index (χ0v) is 11.8. The summed E-state index contributed by atoms with van der Waals surface area (Å²) in [6.45, 7) is 0. The number of amides is 2. The van der Waals surface area contributed by atoms with Crippen molar-refractivity contribution in [3.05, 3.63) is 46.3 Å². The summed E-state index contributed by atoms with van der Waals surface area (Å²) in [6, 6.07) is 9.11. The van der Waals surface area contributed by atoms with Gasteiger partial charge in [-0.05, 0) is 23.6 Å². The number of carbonyl (C=O) groups excluding carboxylic acids is 2. The Hall–Kier alpha value is -2.25. The Kier molecular flexibility index (Phi) is 3.21. The van der Waals surface area contributed by atoms with Gasteiger partial charge in [0.25, 0.3) is 11.8 Å². The van der Waals surface area contributed by atoms with Crippen molar-refractivity contribution in [2.75, 3.05) is 5.32 Å². The number of thiophene rings is 1. The van der Waals surface area contributed by atoms with Gasteiger partial charge in [0.1, 0.15) is 5.00 Å². The highest BCUT2D eigenvalue weighted by Gasteiger charge is 2.16. The Morgan fingerprint density at radius 1 is 1.20 bits per heavy atom. The van der Waals surface area contributed by atoms with E-state index in [0.29, 0.717) is 15.6 Å². The molecule has 0 unspecified atom stereocenters. The van der Waals surface area contributed by atoms with Gasteiger partial charge in [-0.2, -0.15) is 0 Å². The van der Waals surface area contributed by atoms with Gasteiger partial charge in [0.15, 0.2) is 5.01 Å². The van der Waals surface area contributed by atoms with Crippen LogP contribution in [-0.4, -0.2) is 16.8 Å². The van der Waals surface area contributed by atoms with Gasteiger partial charge in [-0.1, -0.05) is 12.1 Å². The van der Waals surface area contributed by atoms with E-state index >= 15 is 0 Å². The lowest BCUT2D eigenvalue weighted by atomic mass is 10.3. The number of carbonyl (C=O) groups is 2. The first-order chi connectivity index (χ1) is 9.65. The van der Waals surface area contributed by atoms with Crippen LogP contribution in [0.2, 0.25) is 0 Å². The minimum absolute atomic E-state index is 0.310. The third-order valence-electron chi connectivity index (χ3n) is 2.65. The van der Waals surface area contributed by atoms with Crippen molar-refractivity contribution in [3.8, 4) is 0 Å². The number of hydrogen-bond acceptors (Lipinski definition) is 5. The number of aromatic nitrogens is 1. The molecule has 7 heteroatoms. The number of para-hydroxylation sites is 1. The van der Waals surface area contributed by atoms with E-state index in [1.807, 2.05) is 24.3 Å². The fourth-order valence-corrected chi connectivity index (χ4v) is 3.37. The van der Waals surface area contributed by atoms with Crippen molar-refractivity contribution in [2.24, 2.45) is 5.73 Å². The van der Waals surface area contributed by atoms with E-state index in [2.05, 4.69) is 10.3 Å². The number of fused-ring (bicyclic) bond motifs is 1. The summed E-state index contributed by atoms with van der Waals surface area (Å²) >= 11 is 2.56. The van der Waals surface area contributed by atoms with Gasteiger partial charge in [0.2, 0.25) is 0 Å². The van der Waals surface area contributed by atoms with Crippen LogP contribution in [0, 0.1) is 0 Å². The average Bonchev–Trinajstić information content (AvgIpc) is 3.03. The number of nitrogens with two attached hydrogens (primary N) is 1. The topological polar surface area (TPSA) is 85.1 Å². The molecule has 3 N–H and O–H groups in total. The molecular weight excluding hydrogens is 294 g/mol. The summed E-state index contributed by atoms with van der Waals surface area (Å²) in [4.78, 5) is 27.6. The molecule has 2 aromatic heterocycles. The molecule has 0 saturated heterocycles. The lowest BCUT2D eigenvalue weighted by Crippen LogP contribution is -2.16. The van der Waals surface area contributed by atoms with Crippen LogP contribution in [0.25, 0.3) is 10.2 Å². The van der Waals surface area contributed by atoms with E-state index in [9.17, 15) is 9.59 Å². The highest BCUT2D eigenvalue weighted by atomic mass is 32.1. The first-order valence-electron chi connectivity index (χ1n) is 5.69. The second kappa shape index (κ2) is 5.03. The van der Waals surface area contributed by atoms with Crippen LogP contribution in [0.1, 0.15) is 20.2 Å². The summed E-state index contributed by atoms with van der Waals surface area (Å²) in [5.74, 6) is -0.901. The molecule has 0 bridgehead atoms. The Morgan fingerprint density at radius 2 is 2.00 bits per heavy atom. The van der Waals surface area contributed by atoms with Crippen molar-refractivity contribution in [1.29, 1.82) is 0 Å². The largest absolute Gasteiger partial charge is 0.366 e. The summed E-state index contributed by atoms with van der Waals surface area (Å²) < 4.78 is 0.943. The van der Waals surface area contributed by atoms with Gasteiger partial charge in [-0.3, -0.25) is 9.59 Å². The molecule has 0 aliphatic carbocycles. The minimum Gasteiger partial charge on any atom is -0.366 e. The molecule has 0 radical (unpaired) electrons. The predicted molar refractivity (Wildman–Crippen MR) is 80.4 cm³/mol. The Labute approximate surface area is 122 Å². The number of nitrogens with one attached hydrogen (secondary N) is 1. The zero-order chi connectivity index (χ0) is 14.1. The number of hydrogen-bond donors (Lipinski definition) is 2. The van der Waals surface area contributed by atoms with E-state index < -0.39 is 5.91 Å². The minimum atomic E-state index is -0.564. The average molecular weight is 303 g/mol. The first kappa shape index (κ1) is 12.8. The van der Waals surface area contributed by atoms with Crippen LogP contribution in [0.5, 0.6) is 0 Å². The van der Waals surface area contributed by atoms with Gasteiger partial charge in [0.05, 0.1) is 15.8 Å². The quantitative estimate of drug-likeness (QED) is 0.780. The summed E-state index contributed by atoms with van der Waals surface area (Å²) in [7, 11) is 0. The van der Waals surface area contributed by atoms with Gasteiger partial charge < -0.3 is 11.1 Å². The smallest absolute Gasteiger partial charge is 0.285 e. The molecular formula is C13H9N3O2S2. The lowest BCUT2D eigenvalue weighted by molar-refractivity contribution is 0.100. The lowest BCUT2D eigenvalue weighted by Gasteiger charge is -2.01. The number of anilines is 1. The molecule has 0 fully saturated rings. The molecule has 20 heavy (non-hydrogen) atoms. The number of thiazole rings is 1.